The molecule has 0 atom stereocenters. The van der Waals surface area contributed by atoms with Crippen LogP contribution in [0, 0.1) is 0 Å². The molecular weight excluding hydrogens is 380 g/mol. The molecule has 2 rings (SSSR count). The Balaban J connectivity index is 2.40. The zero-order chi connectivity index (χ0) is 19.0. The van der Waals surface area contributed by atoms with E-state index in [1.54, 1.807) is 12.1 Å². The highest BCUT2D eigenvalue weighted by atomic mass is 35.5. The van der Waals surface area contributed by atoms with Gasteiger partial charge in [-0.15, -0.1) is 0 Å². The molecule has 25 heavy (non-hydrogen) atoms. The molecule has 0 aromatic heterocycles. The van der Waals surface area contributed by atoms with Crippen LogP contribution in [0.2, 0.25) is 10.0 Å². The molecule has 1 aromatic rings. The molecule has 1 aliphatic rings. The van der Waals surface area contributed by atoms with Crippen molar-refractivity contribution in [2.45, 2.75) is 45.8 Å². The van der Waals surface area contributed by atoms with Gasteiger partial charge in [0.05, 0.1) is 21.9 Å². The number of hydrogen-bond acceptors (Lipinski definition) is 5. The summed E-state index contributed by atoms with van der Waals surface area (Å²) in [6, 6.07) is 3.30. The molecule has 8 heteroatoms. The number of halogens is 2. The van der Waals surface area contributed by atoms with Gasteiger partial charge in [0.1, 0.15) is 0 Å². The largest absolute Gasteiger partial charge is 0.491 e. The number of rotatable bonds is 4. The van der Waals surface area contributed by atoms with Crippen LogP contribution < -0.4 is 5.73 Å². The molecule has 1 heterocycles. The normalized spacial score (nSPS) is 19.3. The smallest absolute Gasteiger partial charge is 0.400 e. The van der Waals surface area contributed by atoms with E-state index in [1.165, 1.54) is 18.7 Å². The van der Waals surface area contributed by atoms with Crippen LogP contribution in [-0.2, 0) is 14.1 Å². The summed E-state index contributed by atoms with van der Waals surface area (Å²) in [4.78, 5) is 11.4. The van der Waals surface area contributed by atoms with Gasteiger partial charge in [-0.1, -0.05) is 41.0 Å². The predicted octanol–water partition coefficient (Wildman–Crippen LogP) is 4.87. The van der Waals surface area contributed by atoms with E-state index >= 15 is 0 Å². The van der Waals surface area contributed by atoms with E-state index in [0.717, 1.165) is 5.47 Å². The molecule has 0 bridgehead atoms. The molecule has 0 aliphatic carbocycles. The standard InChI is InChI=1S/C17H22BCl2NO3S/c1-10(22)25-9-12(18-23-16(2,3)17(4,5)24-18)6-11-7-14(20)15(21)8-13(11)19/h6-8H,9,21H2,1-5H3. The SMILES string of the molecule is CC(=O)SCC(=Cc1cc(Cl)c(N)cc1Cl)B1OC(C)(C)C(C)(C)O1. The van der Waals surface area contributed by atoms with E-state index in [4.69, 9.17) is 38.2 Å². The second-order valence-corrected chi connectivity index (χ2v) is 8.95. The van der Waals surface area contributed by atoms with Crippen LogP contribution in [0.4, 0.5) is 5.69 Å². The topological polar surface area (TPSA) is 61.6 Å². The quantitative estimate of drug-likeness (QED) is 0.575. The summed E-state index contributed by atoms with van der Waals surface area (Å²) in [6.45, 7) is 9.46. The van der Waals surface area contributed by atoms with Gasteiger partial charge in [0, 0.05) is 17.7 Å². The lowest BCUT2D eigenvalue weighted by atomic mass is 9.78. The molecule has 136 valence electrons. The lowest BCUT2D eigenvalue weighted by Gasteiger charge is -2.32. The molecule has 1 aromatic carbocycles. The summed E-state index contributed by atoms with van der Waals surface area (Å²) in [7, 11) is -0.566. The first-order valence-corrected chi connectivity index (χ1v) is 9.61. The third-order valence-corrected chi connectivity index (χ3v) is 5.99. The van der Waals surface area contributed by atoms with E-state index in [2.05, 4.69) is 0 Å². The van der Waals surface area contributed by atoms with Crippen LogP contribution in [0.25, 0.3) is 6.08 Å². The Morgan fingerprint density at radius 2 is 1.76 bits per heavy atom. The molecule has 0 radical (unpaired) electrons. The van der Waals surface area contributed by atoms with E-state index in [1.807, 2.05) is 33.8 Å². The fraction of sp³-hybridized carbons (Fsp3) is 0.471. The molecule has 0 amide bonds. The summed E-state index contributed by atoms with van der Waals surface area (Å²) in [5.41, 5.74) is 6.76. The Labute approximate surface area is 163 Å². The minimum atomic E-state index is -0.566. The molecule has 1 fully saturated rings. The summed E-state index contributed by atoms with van der Waals surface area (Å²) >= 11 is 13.6. The minimum absolute atomic E-state index is 0.0175. The second-order valence-electron chi connectivity index (χ2n) is 6.98. The lowest BCUT2D eigenvalue weighted by molar-refractivity contribution is -0.109. The predicted molar refractivity (Wildman–Crippen MR) is 108 cm³/mol. The van der Waals surface area contributed by atoms with Crippen molar-refractivity contribution in [2.75, 3.05) is 11.5 Å². The Kier molecular flexibility index (Phi) is 6.22. The van der Waals surface area contributed by atoms with Crippen molar-refractivity contribution in [2.24, 2.45) is 0 Å². The molecule has 0 spiro atoms. The molecular formula is C17H22BCl2NO3S. The van der Waals surface area contributed by atoms with Gasteiger partial charge in [-0.05, 0) is 50.9 Å². The maximum absolute atomic E-state index is 11.4. The van der Waals surface area contributed by atoms with Gasteiger partial charge in [-0.25, -0.2) is 0 Å². The van der Waals surface area contributed by atoms with Gasteiger partial charge in [-0.2, -0.15) is 0 Å². The van der Waals surface area contributed by atoms with Crippen molar-refractivity contribution < 1.29 is 14.1 Å². The highest BCUT2D eigenvalue weighted by molar-refractivity contribution is 8.13. The van der Waals surface area contributed by atoms with Crippen LogP contribution in [0.5, 0.6) is 0 Å². The highest BCUT2D eigenvalue weighted by Gasteiger charge is 2.52. The number of hydrogen-bond donors (Lipinski definition) is 1. The van der Waals surface area contributed by atoms with Crippen LogP contribution in [0.1, 0.15) is 40.2 Å². The zero-order valence-corrected chi connectivity index (χ0v) is 17.3. The van der Waals surface area contributed by atoms with Crippen LogP contribution in [-0.4, -0.2) is 29.2 Å². The Morgan fingerprint density at radius 3 is 2.28 bits per heavy atom. The summed E-state index contributed by atoms with van der Waals surface area (Å²) < 4.78 is 12.2. The Bertz CT molecular complexity index is 706. The third-order valence-electron chi connectivity index (χ3n) is 4.45. The van der Waals surface area contributed by atoms with Gasteiger partial charge in [0.2, 0.25) is 0 Å². The first-order valence-electron chi connectivity index (χ1n) is 7.87. The van der Waals surface area contributed by atoms with Crippen molar-refractivity contribution in [1.29, 1.82) is 0 Å². The monoisotopic (exact) mass is 401 g/mol. The Morgan fingerprint density at radius 1 is 1.20 bits per heavy atom. The average Bonchev–Trinajstić information content (AvgIpc) is 2.68. The average molecular weight is 402 g/mol. The van der Waals surface area contributed by atoms with Crippen molar-refractivity contribution >= 4 is 59.0 Å². The zero-order valence-electron chi connectivity index (χ0n) is 15.0. The maximum Gasteiger partial charge on any atom is 0.491 e. The highest BCUT2D eigenvalue weighted by Crippen LogP contribution is 2.40. The van der Waals surface area contributed by atoms with E-state index < -0.39 is 18.3 Å². The molecule has 1 aliphatic heterocycles. The minimum Gasteiger partial charge on any atom is -0.400 e. The molecule has 4 nitrogen and oxygen atoms in total. The van der Waals surface area contributed by atoms with Crippen LogP contribution in [0.3, 0.4) is 0 Å². The first kappa shape index (κ1) is 20.7. The summed E-state index contributed by atoms with van der Waals surface area (Å²) in [5.74, 6) is 0.435. The third kappa shape index (κ3) is 4.74. The van der Waals surface area contributed by atoms with Crippen LogP contribution >= 0.6 is 35.0 Å². The fourth-order valence-corrected chi connectivity index (χ4v) is 3.23. The second kappa shape index (κ2) is 7.53. The number of carbonyl (C=O) groups excluding carboxylic acids is 1. The van der Waals surface area contributed by atoms with Gasteiger partial charge in [0.25, 0.3) is 0 Å². The van der Waals surface area contributed by atoms with Gasteiger partial charge in [-0.3, -0.25) is 4.79 Å². The first-order chi connectivity index (χ1) is 11.4. The molecule has 2 N–H and O–H groups in total. The molecule has 0 unspecified atom stereocenters. The number of benzene rings is 1. The lowest BCUT2D eigenvalue weighted by Crippen LogP contribution is -2.41. The summed E-state index contributed by atoms with van der Waals surface area (Å²) in [6.07, 6.45) is 1.85. The van der Waals surface area contributed by atoms with E-state index in [-0.39, 0.29) is 5.12 Å². The van der Waals surface area contributed by atoms with Crippen molar-refractivity contribution in [3.05, 3.63) is 33.2 Å². The van der Waals surface area contributed by atoms with Crippen molar-refractivity contribution in [3.8, 4) is 0 Å². The number of anilines is 1. The number of carbonyl (C=O) groups is 1. The van der Waals surface area contributed by atoms with E-state index in [9.17, 15) is 4.79 Å². The fourth-order valence-electron chi connectivity index (χ4n) is 2.25. The summed E-state index contributed by atoms with van der Waals surface area (Å²) in [5, 5.41) is 0.913. The number of nitrogen functional groups attached to an aromatic ring is 1. The maximum atomic E-state index is 11.4. The van der Waals surface area contributed by atoms with Gasteiger partial charge in [0.15, 0.2) is 5.12 Å². The van der Waals surface area contributed by atoms with Gasteiger partial charge >= 0.3 is 7.12 Å². The number of nitrogens with two attached hydrogens (primary N) is 1. The van der Waals surface area contributed by atoms with Gasteiger partial charge < -0.3 is 15.0 Å². The molecule has 1 saturated heterocycles. The van der Waals surface area contributed by atoms with Crippen molar-refractivity contribution in [1.82, 2.24) is 0 Å². The van der Waals surface area contributed by atoms with Crippen molar-refractivity contribution in [3.63, 3.8) is 0 Å². The van der Waals surface area contributed by atoms with E-state index in [0.29, 0.717) is 27.0 Å². The Hall–Kier alpha value is -0.655. The van der Waals surface area contributed by atoms with Crippen LogP contribution in [0.15, 0.2) is 17.6 Å². The number of thioether (sulfide) groups is 1. The molecule has 0 saturated carbocycles.